The highest BCUT2D eigenvalue weighted by Gasteiger charge is 2.25. The highest BCUT2D eigenvalue weighted by Crippen LogP contribution is 2.38. The fraction of sp³-hybridized carbons (Fsp3) is 0.238. The number of hydrogen-bond donors (Lipinski definition) is 2. The number of aromatic nitrogens is 6. The third-order valence-electron chi connectivity index (χ3n) is 5.08. The van der Waals surface area contributed by atoms with Gasteiger partial charge in [0.15, 0.2) is 38.9 Å². The van der Waals surface area contributed by atoms with Crippen LogP contribution in [0.15, 0.2) is 35.5 Å². The summed E-state index contributed by atoms with van der Waals surface area (Å²) in [6.45, 7) is 1.83. The maximum absolute atomic E-state index is 14.9. The van der Waals surface area contributed by atoms with Crippen LogP contribution in [0, 0.1) is 18.6 Å². The number of nitrogens with one attached hydrogen (secondary N) is 2. The number of benzene rings is 1. The molecule has 1 aromatic carbocycles. The molecule has 4 aromatic rings. The van der Waals surface area contributed by atoms with Crippen molar-refractivity contribution in [1.29, 1.82) is 0 Å². The summed E-state index contributed by atoms with van der Waals surface area (Å²) in [7, 11) is 0.643. The standard InChI is InChI=1S/C21H22F2N8O3S/c1-11-8-15(29-28-11)25-20-19(34-4)18(12-9-24-30(2)10-12)26-21(27-20)31(3)13-6-7-14(35(5,32)33)17(23)16(13)22/h6-10H,1-5H3,(H2,25,26,27,28,29). The molecule has 0 atom stereocenters. The molecular formula is C21H22F2N8O3S. The molecule has 0 aliphatic rings. The van der Waals surface area contributed by atoms with Gasteiger partial charge >= 0.3 is 0 Å². The van der Waals surface area contributed by atoms with Gasteiger partial charge in [0.1, 0.15) is 10.6 Å². The van der Waals surface area contributed by atoms with Gasteiger partial charge in [0.25, 0.3) is 0 Å². The first-order chi connectivity index (χ1) is 16.5. The summed E-state index contributed by atoms with van der Waals surface area (Å²) in [5.41, 5.74) is 1.45. The number of anilines is 4. The van der Waals surface area contributed by atoms with Gasteiger partial charge in [-0.15, -0.1) is 0 Å². The van der Waals surface area contributed by atoms with E-state index >= 15 is 0 Å². The summed E-state index contributed by atoms with van der Waals surface area (Å²) in [6, 6.07) is 3.89. The molecule has 14 heteroatoms. The molecule has 0 aliphatic carbocycles. The van der Waals surface area contributed by atoms with Crippen molar-refractivity contribution in [2.75, 3.05) is 30.6 Å². The number of rotatable bonds is 7. The second-order valence-corrected chi connectivity index (χ2v) is 9.74. The number of H-pyrrole nitrogens is 1. The number of aromatic amines is 1. The van der Waals surface area contributed by atoms with Gasteiger partial charge in [0, 0.05) is 43.9 Å². The van der Waals surface area contributed by atoms with Crippen LogP contribution in [0.5, 0.6) is 5.75 Å². The highest BCUT2D eigenvalue weighted by molar-refractivity contribution is 7.90. The van der Waals surface area contributed by atoms with Crippen molar-refractivity contribution in [3.05, 3.63) is 47.9 Å². The number of hydrogen-bond acceptors (Lipinski definition) is 9. The second-order valence-electron chi connectivity index (χ2n) is 7.76. The molecular weight excluding hydrogens is 482 g/mol. The molecule has 3 heterocycles. The summed E-state index contributed by atoms with van der Waals surface area (Å²) >= 11 is 0. The van der Waals surface area contributed by atoms with Gasteiger partial charge in [-0.25, -0.2) is 22.2 Å². The number of nitrogens with zero attached hydrogens (tertiary/aromatic N) is 6. The van der Waals surface area contributed by atoms with Gasteiger partial charge in [0.2, 0.25) is 5.95 Å². The SMILES string of the molecule is COc1c(Nc2cc(C)[nH]n2)nc(N(C)c2ccc(S(C)(=O)=O)c(F)c2F)nc1-c1cnn(C)c1. The summed E-state index contributed by atoms with van der Waals surface area (Å²) in [4.78, 5) is 9.42. The van der Waals surface area contributed by atoms with Crippen molar-refractivity contribution in [2.45, 2.75) is 11.8 Å². The third-order valence-corrected chi connectivity index (χ3v) is 6.19. The Bertz CT molecular complexity index is 1520. The Morgan fingerprint density at radius 3 is 2.51 bits per heavy atom. The number of aryl methyl sites for hydroxylation is 2. The van der Waals surface area contributed by atoms with Gasteiger partial charge in [-0.05, 0) is 19.1 Å². The van der Waals surface area contributed by atoms with Crippen LogP contribution in [-0.4, -0.2) is 58.8 Å². The van der Waals surface area contributed by atoms with Crippen LogP contribution >= 0.6 is 0 Å². The van der Waals surface area contributed by atoms with Crippen molar-refractivity contribution in [2.24, 2.45) is 7.05 Å². The molecule has 0 amide bonds. The number of sulfone groups is 1. The van der Waals surface area contributed by atoms with Crippen molar-refractivity contribution in [3.8, 4) is 17.0 Å². The average molecular weight is 505 g/mol. The van der Waals surface area contributed by atoms with E-state index in [1.54, 1.807) is 30.2 Å². The monoisotopic (exact) mass is 504 g/mol. The van der Waals surface area contributed by atoms with E-state index in [0.29, 0.717) is 17.1 Å². The zero-order valence-electron chi connectivity index (χ0n) is 19.5. The average Bonchev–Trinajstić information content (AvgIpc) is 3.41. The molecule has 0 saturated heterocycles. The molecule has 4 rings (SSSR count). The Hall–Kier alpha value is -4.07. The fourth-order valence-corrected chi connectivity index (χ4v) is 4.11. The van der Waals surface area contributed by atoms with Crippen LogP contribution in [0.3, 0.4) is 0 Å². The smallest absolute Gasteiger partial charge is 0.232 e. The number of ether oxygens (including phenoxy) is 1. The van der Waals surface area contributed by atoms with Crippen LogP contribution in [0.4, 0.5) is 32.1 Å². The Morgan fingerprint density at radius 1 is 1.20 bits per heavy atom. The summed E-state index contributed by atoms with van der Waals surface area (Å²) in [6.07, 6.45) is 4.08. The minimum absolute atomic E-state index is 0.0233. The van der Waals surface area contributed by atoms with Crippen LogP contribution in [0.1, 0.15) is 5.69 Å². The second kappa shape index (κ2) is 8.94. The summed E-state index contributed by atoms with van der Waals surface area (Å²) < 4.78 is 60.2. The molecule has 3 aromatic heterocycles. The fourth-order valence-electron chi connectivity index (χ4n) is 3.38. The lowest BCUT2D eigenvalue weighted by atomic mass is 10.2. The minimum atomic E-state index is -3.96. The Labute approximate surface area is 199 Å². The van der Waals surface area contributed by atoms with E-state index in [1.165, 1.54) is 19.1 Å². The molecule has 0 unspecified atom stereocenters. The quantitative estimate of drug-likeness (QED) is 0.390. The molecule has 0 bridgehead atoms. The van der Waals surface area contributed by atoms with E-state index < -0.39 is 26.4 Å². The van der Waals surface area contributed by atoms with E-state index in [4.69, 9.17) is 4.74 Å². The first-order valence-electron chi connectivity index (χ1n) is 10.2. The largest absolute Gasteiger partial charge is 0.491 e. The van der Waals surface area contributed by atoms with Gasteiger partial charge in [-0.3, -0.25) is 9.78 Å². The molecule has 11 nitrogen and oxygen atoms in total. The normalized spacial score (nSPS) is 11.5. The lowest BCUT2D eigenvalue weighted by Gasteiger charge is -2.21. The van der Waals surface area contributed by atoms with Crippen molar-refractivity contribution < 1.29 is 21.9 Å². The zero-order valence-corrected chi connectivity index (χ0v) is 20.3. The Morgan fingerprint density at radius 2 is 1.94 bits per heavy atom. The van der Waals surface area contributed by atoms with E-state index in [0.717, 1.165) is 24.1 Å². The molecule has 35 heavy (non-hydrogen) atoms. The van der Waals surface area contributed by atoms with Crippen molar-refractivity contribution in [1.82, 2.24) is 29.9 Å². The van der Waals surface area contributed by atoms with E-state index in [9.17, 15) is 17.2 Å². The third kappa shape index (κ3) is 4.64. The van der Waals surface area contributed by atoms with Gasteiger partial charge < -0.3 is 15.0 Å². The molecule has 184 valence electrons. The van der Waals surface area contributed by atoms with Crippen LogP contribution in [-0.2, 0) is 16.9 Å². The van der Waals surface area contributed by atoms with Crippen molar-refractivity contribution in [3.63, 3.8) is 0 Å². The first kappa shape index (κ1) is 24.1. The predicted molar refractivity (Wildman–Crippen MR) is 125 cm³/mol. The van der Waals surface area contributed by atoms with Crippen LogP contribution < -0.4 is 15.0 Å². The molecule has 2 N–H and O–H groups in total. The molecule has 0 radical (unpaired) electrons. The summed E-state index contributed by atoms with van der Waals surface area (Å²) in [5.74, 6) is -1.93. The van der Waals surface area contributed by atoms with Crippen LogP contribution in [0.2, 0.25) is 0 Å². The van der Waals surface area contributed by atoms with Gasteiger partial charge in [0.05, 0.1) is 19.0 Å². The van der Waals surface area contributed by atoms with Gasteiger partial charge in [-0.2, -0.15) is 15.2 Å². The first-order valence-corrected chi connectivity index (χ1v) is 12.0. The molecule has 0 aliphatic heterocycles. The zero-order chi connectivity index (χ0) is 25.5. The molecule has 0 fully saturated rings. The maximum atomic E-state index is 14.9. The number of halogens is 2. The maximum Gasteiger partial charge on any atom is 0.232 e. The van der Waals surface area contributed by atoms with Gasteiger partial charge in [-0.1, -0.05) is 0 Å². The predicted octanol–water partition coefficient (Wildman–Crippen LogP) is 3.11. The summed E-state index contributed by atoms with van der Waals surface area (Å²) in [5, 5.41) is 14.1. The Kier molecular flexibility index (Phi) is 6.15. The lowest BCUT2D eigenvalue weighted by Crippen LogP contribution is -2.18. The highest BCUT2D eigenvalue weighted by atomic mass is 32.2. The number of methoxy groups -OCH3 is 1. The van der Waals surface area contributed by atoms with Crippen molar-refractivity contribution >= 4 is 33.1 Å². The minimum Gasteiger partial charge on any atom is -0.491 e. The van der Waals surface area contributed by atoms with E-state index in [1.807, 2.05) is 6.92 Å². The van der Waals surface area contributed by atoms with E-state index in [-0.39, 0.29) is 23.2 Å². The van der Waals surface area contributed by atoms with Crippen LogP contribution in [0.25, 0.3) is 11.3 Å². The molecule has 0 saturated carbocycles. The topological polar surface area (TPSA) is 131 Å². The molecule has 0 spiro atoms. The lowest BCUT2D eigenvalue weighted by molar-refractivity contribution is 0.415. The van der Waals surface area contributed by atoms with E-state index in [2.05, 4.69) is 30.6 Å². The Balaban J connectivity index is 1.88.